The first-order valence-corrected chi connectivity index (χ1v) is 5.28. The second-order valence-corrected chi connectivity index (χ2v) is 3.83. The summed E-state index contributed by atoms with van der Waals surface area (Å²) in [4.78, 5) is 34.0. The molecule has 0 saturated heterocycles. The van der Waals surface area contributed by atoms with Gasteiger partial charge in [-0.05, 0) is 12.0 Å². The van der Waals surface area contributed by atoms with Gasteiger partial charge in [0.15, 0.2) is 5.78 Å². The second-order valence-electron chi connectivity index (χ2n) is 3.83. The lowest BCUT2D eigenvalue weighted by atomic mass is 9.97. The second kappa shape index (κ2) is 3.97. The smallest absolute Gasteiger partial charge is 0.250 e. The monoisotopic (exact) mass is 229 g/mol. The van der Waals surface area contributed by atoms with Gasteiger partial charge in [-0.2, -0.15) is 0 Å². The molecular formula is C13H11NO3. The van der Waals surface area contributed by atoms with Crippen molar-refractivity contribution in [1.29, 1.82) is 0 Å². The van der Waals surface area contributed by atoms with Crippen molar-refractivity contribution in [2.24, 2.45) is 0 Å². The Kier molecular flexibility index (Phi) is 2.63. The van der Waals surface area contributed by atoms with E-state index in [0.717, 1.165) is 12.0 Å². The van der Waals surface area contributed by atoms with Crippen LogP contribution in [0.4, 0.5) is 5.69 Å². The maximum atomic E-state index is 11.9. The molecule has 0 radical (unpaired) electrons. The minimum Gasteiger partial charge on any atom is -0.395 e. The summed E-state index contributed by atoms with van der Waals surface area (Å²) in [5.74, 6) is -0.477. The van der Waals surface area contributed by atoms with E-state index >= 15 is 0 Å². The van der Waals surface area contributed by atoms with E-state index in [4.69, 9.17) is 5.73 Å². The van der Waals surface area contributed by atoms with Crippen molar-refractivity contribution in [2.75, 3.05) is 5.73 Å². The number of hydrogen-bond donors (Lipinski definition) is 1. The van der Waals surface area contributed by atoms with Gasteiger partial charge >= 0.3 is 0 Å². The predicted octanol–water partition coefficient (Wildman–Crippen LogP) is 0.658. The van der Waals surface area contributed by atoms with Gasteiger partial charge in [-0.3, -0.25) is 14.4 Å². The lowest BCUT2D eigenvalue weighted by molar-refractivity contribution is 0.103. The highest BCUT2D eigenvalue weighted by molar-refractivity contribution is 6.13. The summed E-state index contributed by atoms with van der Waals surface area (Å²) >= 11 is 0. The summed E-state index contributed by atoms with van der Waals surface area (Å²) in [6, 6.07) is 6.90. The predicted molar refractivity (Wildman–Crippen MR) is 65.0 cm³/mol. The summed E-state index contributed by atoms with van der Waals surface area (Å²) < 4.78 is 0. The summed E-state index contributed by atoms with van der Waals surface area (Å²) in [5.41, 5.74) is 4.86. The number of rotatable bonds is 3. The molecule has 0 heterocycles. The molecule has 0 fully saturated rings. The number of nitrogen functional groups attached to an aromatic ring is 1. The number of ketones is 1. The van der Waals surface area contributed by atoms with Gasteiger partial charge in [-0.1, -0.05) is 31.2 Å². The molecule has 17 heavy (non-hydrogen) atoms. The zero-order valence-electron chi connectivity index (χ0n) is 9.32. The molecule has 2 N–H and O–H groups in total. The molecule has 0 bridgehead atoms. The fourth-order valence-corrected chi connectivity index (χ4v) is 1.67. The first-order valence-electron chi connectivity index (χ1n) is 5.28. The number of nitrogens with two attached hydrogens (primary N) is 1. The van der Waals surface area contributed by atoms with Gasteiger partial charge in [0, 0.05) is 5.56 Å². The Morgan fingerprint density at radius 3 is 2.18 bits per heavy atom. The SMILES string of the molecule is CCc1ccc(C(=O)c2c(N)c(=O)c2=O)cc1. The van der Waals surface area contributed by atoms with Gasteiger partial charge in [0.2, 0.25) is 10.9 Å². The summed E-state index contributed by atoms with van der Waals surface area (Å²) in [6.07, 6.45) is 0.872. The third-order valence-electron chi connectivity index (χ3n) is 2.80. The van der Waals surface area contributed by atoms with Gasteiger partial charge in [0.25, 0.3) is 0 Å². The van der Waals surface area contributed by atoms with Crippen molar-refractivity contribution in [2.45, 2.75) is 13.3 Å². The molecule has 0 unspecified atom stereocenters. The third kappa shape index (κ3) is 1.67. The number of carbonyl (C=O) groups is 1. The van der Waals surface area contributed by atoms with Crippen LogP contribution in [0, 0.1) is 0 Å². The van der Waals surface area contributed by atoms with Crippen LogP contribution in [0.5, 0.6) is 0 Å². The Hall–Kier alpha value is -2.23. The first-order chi connectivity index (χ1) is 8.06. The van der Waals surface area contributed by atoms with Crippen LogP contribution < -0.4 is 16.6 Å². The fourth-order valence-electron chi connectivity index (χ4n) is 1.67. The Bertz CT molecular complexity index is 646. The highest BCUT2D eigenvalue weighted by Crippen LogP contribution is 2.12. The van der Waals surface area contributed by atoms with Gasteiger partial charge in [-0.15, -0.1) is 0 Å². The maximum absolute atomic E-state index is 11.9. The molecule has 2 rings (SSSR count). The van der Waals surface area contributed by atoms with Gasteiger partial charge in [0.05, 0.1) is 5.69 Å². The van der Waals surface area contributed by atoms with E-state index < -0.39 is 16.6 Å². The van der Waals surface area contributed by atoms with Crippen LogP contribution in [0.1, 0.15) is 28.4 Å². The van der Waals surface area contributed by atoms with Crippen molar-refractivity contribution in [1.82, 2.24) is 0 Å². The van der Waals surface area contributed by atoms with E-state index in [1.54, 1.807) is 12.1 Å². The van der Waals surface area contributed by atoms with Crippen LogP contribution in [-0.2, 0) is 6.42 Å². The third-order valence-corrected chi connectivity index (χ3v) is 2.80. The molecule has 2 aromatic carbocycles. The van der Waals surface area contributed by atoms with E-state index in [-0.39, 0.29) is 11.3 Å². The van der Waals surface area contributed by atoms with Crippen molar-refractivity contribution < 1.29 is 4.79 Å². The normalized spacial score (nSPS) is 10.6. The minimum atomic E-state index is -0.785. The zero-order valence-corrected chi connectivity index (χ0v) is 9.32. The molecule has 86 valence electrons. The Balaban J connectivity index is 2.39. The first kappa shape index (κ1) is 11.3. The van der Waals surface area contributed by atoms with Crippen molar-refractivity contribution in [3.05, 3.63) is 61.4 Å². The molecule has 4 nitrogen and oxygen atoms in total. The molecule has 0 amide bonds. The molecule has 0 atom stereocenters. The van der Waals surface area contributed by atoms with Crippen molar-refractivity contribution in [3.63, 3.8) is 0 Å². The van der Waals surface area contributed by atoms with Crippen molar-refractivity contribution >= 4 is 11.5 Å². The van der Waals surface area contributed by atoms with Gasteiger partial charge in [0.1, 0.15) is 5.56 Å². The largest absolute Gasteiger partial charge is 0.395 e. The molecule has 0 aliphatic rings. The Morgan fingerprint density at radius 2 is 1.71 bits per heavy atom. The van der Waals surface area contributed by atoms with E-state index in [1.807, 2.05) is 19.1 Å². The quantitative estimate of drug-likeness (QED) is 0.619. The average Bonchev–Trinajstić information content (AvgIpc) is 2.38. The summed E-state index contributed by atoms with van der Waals surface area (Å²) in [6.45, 7) is 2.01. The number of hydrogen-bond acceptors (Lipinski definition) is 4. The van der Waals surface area contributed by atoms with Crippen LogP contribution in [0.2, 0.25) is 0 Å². The van der Waals surface area contributed by atoms with Crippen LogP contribution in [-0.4, -0.2) is 5.78 Å². The van der Waals surface area contributed by atoms with Crippen LogP contribution in [0.3, 0.4) is 0 Å². The van der Waals surface area contributed by atoms with Gasteiger partial charge in [-0.25, -0.2) is 0 Å². The zero-order chi connectivity index (χ0) is 12.6. The highest BCUT2D eigenvalue weighted by Gasteiger charge is 2.25. The number of carbonyl (C=O) groups excluding carboxylic acids is 1. The average molecular weight is 229 g/mol. The van der Waals surface area contributed by atoms with Crippen molar-refractivity contribution in [3.8, 4) is 0 Å². The van der Waals surface area contributed by atoms with E-state index in [0.29, 0.717) is 5.56 Å². The number of aryl methyl sites for hydroxylation is 1. The Morgan fingerprint density at radius 1 is 1.12 bits per heavy atom. The van der Waals surface area contributed by atoms with E-state index in [9.17, 15) is 14.4 Å². The van der Waals surface area contributed by atoms with E-state index in [2.05, 4.69) is 0 Å². The molecule has 2 aromatic rings. The lowest BCUT2D eigenvalue weighted by Crippen LogP contribution is -2.40. The minimum absolute atomic E-state index is 0.181. The topological polar surface area (TPSA) is 77.2 Å². The molecular weight excluding hydrogens is 218 g/mol. The number of benzene rings is 1. The fraction of sp³-hybridized carbons (Fsp3) is 0.154. The van der Waals surface area contributed by atoms with Gasteiger partial charge < -0.3 is 5.73 Å². The Labute approximate surface area is 97.4 Å². The highest BCUT2D eigenvalue weighted by atomic mass is 16.2. The molecule has 0 aliphatic carbocycles. The molecule has 0 aromatic heterocycles. The molecule has 0 spiro atoms. The maximum Gasteiger partial charge on any atom is 0.250 e. The van der Waals surface area contributed by atoms with Crippen LogP contribution >= 0.6 is 0 Å². The molecule has 4 heteroatoms. The van der Waals surface area contributed by atoms with Crippen LogP contribution in [0.15, 0.2) is 33.9 Å². The summed E-state index contributed by atoms with van der Waals surface area (Å²) in [7, 11) is 0. The molecule has 0 saturated carbocycles. The number of anilines is 1. The van der Waals surface area contributed by atoms with E-state index in [1.165, 1.54) is 0 Å². The molecule has 0 aliphatic heterocycles. The van der Waals surface area contributed by atoms with Crippen LogP contribution in [0.25, 0.3) is 0 Å². The lowest BCUT2D eigenvalue weighted by Gasteiger charge is -2.06. The summed E-state index contributed by atoms with van der Waals surface area (Å²) in [5, 5.41) is 0. The standard InChI is InChI=1S/C13H11NO3/c1-2-7-3-5-8(6-4-7)11(15)9-10(14)13(17)12(9)16/h3-6H,2,14H2,1H3.